The summed E-state index contributed by atoms with van der Waals surface area (Å²) in [7, 11) is 0. The molecule has 2 bridgehead atoms. The predicted octanol–water partition coefficient (Wildman–Crippen LogP) is 7.43. The van der Waals surface area contributed by atoms with Gasteiger partial charge in [0.25, 0.3) is 0 Å². The van der Waals surface area contributed by atoms with Crippen molar-refractivity contribution in [2.45, 2.75) is 43.9 Å². The number of nitrogens with zero attached hydrogens (tertiary/aromatic N) is 1. The van der Waals surface area contributed by atoms with Gasteiger partial charge in [-0.25, -0.2) is 0 Å². The number of benzene rings is 3. The molecule has 4 aliphatic carbocycles. The topological polar surface area (TPSA) is 12.9 Å². The van der Waals surface area contributed by atoms with Crippen LogP contribution in [0, 0.1) is 11.8 Å². The Labute approximate surface area is 170 Å². The lowest BCUT2D eigenvalue weighted by Crippen LogP contribution is -2.25. The van der Waals surface area contributed by atoms with E-state index in [1.165, 1.54) is 76.0 Å². The molecule has 0 aliphatic heterocycles. The maximum atomic E-state index is 5.14. The van der Waals surface area contributed by atoms with E-state index in [0.717, 1.165) is 23.7 Å². The predicted molar refractivity (Wildman–Crippen MR) is 119 cm³/mol. The van der Waals surface area contributed by atoms with E-state index in [2.05, 4.69) is 54.7 Å². The van der Waals surface area contributed by atoms with Crippen molar-refractivity contribution in [1.82, 2.24) is 4.98 Å². The van der Waals surface area contributed by atoms with Gasteiger partial charge in [0.05, 0.1) is 5.52 Å². The first-order valence-corrected chi connectivity index (χ1v) is 11.4. The van der Waals surface area contributed by atoms with Crippen LogP contribution in [0.1, 0.15) is 55.1 Å². The number of rotatable bonds is 0. The van der Waals surface area contributed by atoms with Gasteiger partial charge in [0.1, 0.15) is 0 Å². The lowest BCUT2D eigenvalue weighted by atomic mass is 9.68. The molecule has 0 amide bonds. The van der Waals surface area contributed by atoms with E-state index in [0.29, 0.717) is 0 Å². The molecule has 4 aromatic rings. The zero-order valence-corrected chi connectivity index (χ0v) is 16.5. The first-order valence-electron chi connectivity index (χ1n) is 11.4. The molecule has 29 heavy (non-hydrogen) atoms. The normalized spacial score (nSPS) is 28.0. The second-order valence-electron chi connectivity index (χ2n) is 9.85. The number of hydrogen-bond donors (Lipinski definition) is 0. The minimum Gasteiger partial charge on any atom is -0.255 e. The number of pyridine rings is 1. The fourth-order valence-electron chi connectivity index (χ4n) is 7.73. The van der Waals surface area contributed by atoms with Gasteiger partial charge in [-0.1, -0.05) is 55.3 Å². The minimum absolute atomic E-state index is 0.754. The third-order valence-electron chi connectivity index (χ3n) is 8.74. The van der Waals surface area contributed by atoms with Crippen LogP contribution in [0.4, 0.5) is 0 Å². The second kappa shape index (κ2) is 5.08. The van der Waals surface area contributed by atoms with Crippen LogP contribution in [0.3, 0.4) is 0 Å². The lowest BCUT2D eigenvalue weighted by molar-refractivity contribution is 0.236. The van der Waals surface area contributed by atoms with Crippen LogP contribution in [0.5, 0.6) is 0 Å². The van der Waals surface area contributed by atoms with Gasteiger partial charge >= 0.3 is 0 Å². The molecule has 2 saturated carbocycles. The molecule has 1 heteroatoms. The van der Waals surface area contributed by atoms with Crippen LogP contribution in [-0.4, -0.2) is 4.98 Å². The first kappa shape index (κ1) is 15.2. The Balaban J connectivity index is 1.52. The van der Waals surface area contributed by atoms with Gasteiger partial charge in [-0.3, -0.25) is 4.98 Å². The second-order valence-corrected chi connectivity index (χ2v) is 9.85. The third-order valence-corrected chi connectivity index (χ3v) is 8.74. The summed E-state index contributed by atoms with van der Waals surface area (Å²) in [5, 5.41) is 4.21. The van der Waals surface area contributed by atoms with E-state index >= 15 is 0 Å². The van der Waals surface area contributed by atoms with Gasteiger partial charge < -0.3 is 0 Å². The molecule has 3 aromatic carbocycles. The van der Waals surface area contributed by atoms with E-state index < -0.39 is 0 Å². The van der Waals surface area contributed by atoms with E-state index in [1.54, 1.807) is 11.1 Å². The highest BCUT2D eigenvalue weighted by molar-refractivity contribution is 6.23. The molecule has 4 unspecified atom stereocenters. The highest BCUT2D eigenvalue weighted by Gasteiger charge is 2.47. The van der Waals surface area contributed by atoms with Gasteiger partial charge in [0.2, 0.25) is 0 Å². The SMILES string of the molecule is c1ccc2c(c1)-c1cccc3c1c-2cc1c2c(cnc13)C1CCCC3CC2CC31. The van der Waals surface area contributed by atoms with Crippen molar-refractivity contribution in [2.24, 2.45) is 11.8 Å². The van der Waals surface area contributed by atoms with Gasteiger partial charge in [-0.2, -0.15) is 0 Å². The van der Waals surface area contributed by atoms with Crippen molar-refractivity contribution >= 4 is 21.7 Å². The highest BCUT2D eigenvalue weighted by Crippen LogP contribution is 2.61. The Hall–Kier alpha value is -2.67. The molecule has 0 N–H and O–H groups in total. The van der Waals surface area contributed by atoms with E-state index in [-0.39, 0.29) is 0 Å². The molecule has 1 nitrogen and oxygen atoms in total. The summed E-state index contributed by atoms with van der Waals surface area (Å²) in [6, 6.07) is 18.3. The molecule has 0 spiro atoms. The van der Waals surface area contributed by atoms with Crippen LogP contribution < -0.4 is 0 Å². The summed E-state index contributed by atoms with van der Waals surface area (Å²) in [5.74, 6) is 3.42. The summed E-state index contributed by atoms with van der Waals surface area (Å²) in [4.78, 5) is 5.14. The molecule has 4 atom stereocenters. The van der Waals surface area contributed by atoms with Crippen LogP contribution in [-0.2, 0) is 0 Å². The van der Waals surface area contributed by atoms with Crippen molar-refractivity contribution in [3.8, 4) is 22.3 Å². The lowest BCUT2D eigenvalue weighted by Gasteiger charge is -2.37. The summed E-state index contributed by atoms with van der Waals surface area (Å²) >= 11 is 0. The molecule has 1 heterocycles. The third kappa shape index (κ3) is 1.73. The van der Waals surface area contributed by atoms with Crippen LogP contribution >= 0.6 is 0 Å². The van der Waals surface area contributed by atoms with Crippen molar-refractivity contribution in [2.75, 3.05) is 0 Å². The van der Waals surface area contributed by atoms with E-state index in [1.807, 2.05) is 0 Å². The Morgan fingerprint density at radius 3 is 2.59 bits per heavy atom. The zero-order valence-electron chi connectivity index (χ0n) is 16.5. The smallest absolute Gasteiger partial charge is 0.0784 e. The number of aromatic nitrogens is 1. The first-order chi connectivity index (χ1) is 14.4. The van der Waals surface area contributed by atoms with E-state index in [4.69, 9.17) is 4.98 Å². The van der Waals surface area contributed by atoms with Gasteiger partial charge in [0, 0.05) is 17.0 Å². The molecular formula is C28H23N. The van der Waals surface area contributed by atoms with Gasteiger partial charge in [-0.05, 0) is 87.8 Å². The average molecular weight is 373 g/mol. The Kier molecular flexibility index (Phi) is 2.66. The van der Waals surface area contributed by atoms with Gasteiger partial charge in [0.15, 0.2) is 0 Å². The summed E-state index contributed by atoms with van der Waals surface area (Å²) in [6.45, 7) is 0. The molecule has 140 valence electrons. The molecular weight excluding hydrogens is 350 g/mol. The number of fused-ring (bicyclic) bond motifs is 10. The van der Waals surface area contributed by atoms with Crippen LogP contribution in [0.25, 0.3) is 43.9 Å². The molecule has 8 rings (SSSR count). The Bertz CT molecular complexity index is 1360. The van der Waals surface area contributed by atoms with Crippen molar-refractivity contribution in [3.05, 3.63) is 65.9 Å². The molecule has 4 aliphatic rings. The summed E-state index contributed by atoms with van der Waals surface area (Å²) in [6.07, 6.45) is 9.37. The van der Waals surface area contributed by atoms with E-state index in [9.17, 15) is 0 Å². The zero-order chi connectivity index (χ0) is 18.7. The van der Waals surface area contributed by atoms with Crippen molar-refractivity contribution in [1.29, 1.82) is 0 Å². The van der Waals surface area contributed by atoms with Crippen molar-refractivity contribution in [3.63, 3.8) is 0 Å². The molecule has 0 radical (unpaired) electrons. The average Bonchev–Trinajstić information content (AvgIpc) is 3.33. The largest absolute Gasteiger partial charge is 0.255 e. The molecule has 1 aromatic heterocycles. The monoisotopic (exact) mass is 373 g/mol. The maximum absolute atomic E-state index is 5.14. The molecule has 0 saturated heterocycles. The standard InChI is InChI=1S/C28H23N/c1-2-7-18-17(6-1)20-9-4-10-21-27(20)23(18)13-24-26-16-11-15-5-3-8-19(22(15)12-16)25(26)14-29-28(21)24/h1-2,4,6-7,9-10,13-16,19,22H,3,5,8,11-12H2. The maximum Gasteiger partial charge on any atom is 0.0784 e. The Morgan fingerprint density at radius 1 is 0.793 bits per heavy atom. The fourth-order valence-corrected chi connectivity index (χ4v) is 7.73. The highest BCUT2D eigenvalue weighted by atomic mass is 14.7. The quantitative estimate of drug-likeness (QED) is 0.257. The Morgan fingerprint density at radius 2 is 1.66 bits per heavy atom. The number of hydrogen-bond acceptors (Lipinski definition) is 1. The van der Waals surface area contributed by atoms with Crippen LogP contribution in [0.15, 0.2) is 54.7 Å². The summed E-state index contributed by atoms with van der Waals surface area (Å²) < 4.78 is 0. The van der Waals surface area contributed by atoms with Crippen molar-refractivity contribution < 1.29 is 0 Å². The van der Waals surface area contributed by atoms with Gasteiger partial charge in [-0.15, -0.1) is 0 Å². The minimum atomic E-state index is 0.754. The summed E-state index contributed by atoms with van der Waals surface area (Å²) in [5.41, 5.74) is 10.1. The fraction of sp³-hybridized carbons (Fsp3) is 0.321. The van der Waals surface area contributed by atoms with Crippen LogP contribution in [0.2, 0.25) is 0 Å². The molecule has 2 fully saturated rings.